The van der Waals surface area contributed by atoms with Gasteiger partial charge < -0.3 is 14.5 Å². The van der Waals surface area contributed by atoms with Crippen LogP contribution in [0.25, 0.3) is 21.6 Å². The smallest absolute Gasteiger partial charge is 0.410 e. The van der Waals surface area contributed by atoms with Gasteiger partial charge in [-0.3, -0.25) is 9.36 Å². The summed E-state index contributed by atoms with van der Waals surface area (Å²) in [5.74, 6) is -0.0885. The number of amides is 1. The number of pyridine rings is 2. The number of hydrogen-bond donors (Lipinski definition) is 0. The van der Waals surface area contributed by atoms with Crippen molar-refractivity contribution in [1.29, 1.82) is 0 Å². The molecule has 0 bridgehead atoms. The van der Waals surface area contributed by atoms with Gasteiger partial charge in [-0.05, 0) is 38.7 Å². The number of ether oxygens (including phenoxy) is 1. The van der Waals surface area contributed by atoms with Crippen LogP contribution in [0.1, 0.15) is 71.7 Å². The third kappa shape index (κ3) is 5.58. The van der Waals surface area contributed by atoms with Crippen LogP contribution in [0.3, 0.4) is 0 Å². The zero-order valence-electron chi connectivity index (χ0n) is 23.7. The van der Waals surface area contributed by atoms with Crippen LogP contribution in [0.15, 0.2) is 17.2 Å². The van der Waals surface area contributed by atoms with Gasteiger partial charge in [-0.2, -0.15) is 0 Å². The number of piperazine rings is 1. The summed E-state index contributed by atoms with van der Waals surface area (Å²) in [6.07, 6.45) is 1.09. The minimum atomic E-state index is -0.612. The van der Waals surface area contributed by atoms with E-state index in [2.05, 4.69) is 19.8 Å². The molecule has 0 unspecified atom stereocenters. The number of nitrogens with zero attached hydrogens (tertiary/aromatic N) is 7. The normalized spacial score (nSPS) is 14.2. The number of aromatic nitrogens is 4. The number of carbonyl (C=O) groups is 1. The molecule has 1 amide bonds. The zero-order chi connectivity index (χ0) is 29.5. The predicted molar refractivity (Wildman–Crippen MR) is 157 cm³/mol. The van der Waals surface area contributed by atoms with Crippen molar-refractivity contribution < 1.29 is 9.53 Å². The van der Waals surface area contributed by atoms with Crippen molar-refractivity contribution in [2.45, 2.75) is 65.9 Å². The van der Waals surface area contributed by atoms with Gasteiger partial charge in [0.25, 0.3) is 11.2 Å². The average molecular weight is 587 g/mol. The van der Waals surface area contributed by atoms with Gasteiger partial charge in [-0.25, -0.2) is 24.6 Å². The lowest BCUT2D eigenvalue weighted by atomic mass is 10.0. The molecule has 3 aromatic heterocycles. The Morgan fingerprint density at radius 2 is 1.60 bits per heavy atom. The van der Waals surface area contributed by atoms with Gasteiger partial charge in [0.2, 0.25) is 0 Å². The van der Waals surface area contributed by atoms with Crippen LogP contribution in [0.5, 0.6) is 0 Å². The van der Waals surface area contributed by atoms with Crippen LogP contribution >= 0.6 is 23.2 Å². The van der Waals surface area contributed by atoms with E-state index in [9.17, 15) is 9.59 Å². The molecular formula is C28H33Cl2N7O3. The summed E-state index contributed by atoms with van der Waals surface area (Å²) in [7, 11) is 0. The molecule has 4 heterocycles. The number of rotatable bonds is 4. The maximum Gasteiger partial charge on any atom is 0.410 e. The Morgan fingerprint density at radius 3 is 2.10 bits per heavy atom. The Kier molecular flexibility index (Phi) is 8.29. The molecule has 0 spiro atoms. The Morgan fingerprint density at radius 1 is 1.02 bits per heavy atom. The van der Waals surface area contributed by atoms with Gasteiger partial charge in [-0.1, -0.05) is 50.9 Å². The van der Waals surface area contributed by atoms with Crippen LogP contribution in [-0.2, 0) is 4.74 Å². The zero-order valence-corrected chi connectivity index (χ0v) is 25.3. The fourth-order valence-electron chi connectivity index (χ4n) is 4.78. The molecule has 10 nitrogen and oxygen atoms in total. The van der Waals surface area contributed by atoms with Crippen molar-refractivity contribution in [3.63, 3.8) is 0 Å². The summed E-state index contributed by atoms with van der Waals surface area (Å²) in [4.78, 5) is 47.7. The quantitative estimate of drug-likeness (QED) is 0.260. The lowest BCUT2D eigenvalue weighted by molar-refractivity contribution is 0.0241. The third-order valence-electron chi connectivity index (χ3n) is 6.57. The van der Waals surface area contributed by atoms with E-state index in [4.69, 9.17) is 34.5 Å². The monoisotopic (exact) mass is 585 g/mol. The summed E-state index contributed by atoms with van der Waals surface area (Å²) < 4.78 is 6.93. The van der Waals surface area contributed by atoms with Crippen molar-refractivity contribution in [2.24, 2.45) is 0 Å². The van der Waals surface area contributed by atoms with Gasteiger partial charge in [0, 0.05) is 31.6 Å². The Labute approximate surface area is 243 Å². The molecule has 1 saturated heterocycles. The second kappa shape index (κ2) is 11.2. The Bertz CT molecular complexity index is 1540. The van der Waals surface area contributed by atoms with E-state index >= 15 is 0 Å². The van der Waals surface area contributed by atoms with Gasteiger partial charge in [0.05, 0.1) is 34.4 Å². The summed E-state index contributed by atoms with van der Waals surface area (Å²) in [5, 5.41) is 0.730. The van der Waals surface area contributed by atoms with E-state index in [1.807, 2.05) is 53.4 Å². The van der Waals surface area contributed by atoms with Crippen LogP contribution < -0.4 is 10.5 Å². The summed E-state index contributed by atoms with van der Waals surface area (Å²) in [6, 6.07) is 1.64. The first-order valence-electron chi connectivity index (χ1n) is 13.1. The number of hydrogen-bond acceptors (Lipinski definition) is 7. The molecule has 212 valence electrons. The standard InChI is InChI=1S/C28H33Cl2N7O3/c1-15(2)19-23(20(16(3)4)33-14-32-19)37-25-17(13-18(29)24(30)34-25)22(21(31-8)26(37)38)35-9-11-36(12-10-35)27(39)40-28(5,6)7/h13-16H,9-12H2,1-7H3. The lowest BCUT2D eigenvalue weighted by Crippen LogP contribution is -2.50. The topological polar surface area (TPSA) is 97.8 Å². The van der Waals surface area contributed by atoms with Crippen molar-refractivity contribution in [1.82, 2.24) is 24.4 Å². The fourth-order valence-corrected chi connectivity index (χ4v) is 5.07. The van der Waals surface area contributed by atoms with Crippen molar-refractivity contribution in [2.75, 3.05) is 31.1 Å². The minimum absolute atomic E-state index is 0.0348. The molecule has 1 aliphatic rings. The Hall–Kier alpha value is -3.42. The molecule has 1 aliphatic heterocycles. The fraction of sp³-hybridized carbons (Fsp3) is 0.500. The van der Waals surface area contributed by atoms with E-state index in [-0.39, 0.29) is 33.3 Å². The van der Waals surface area contributed by atoms with E-state index in [1.54, 1.807) is 11.0 Å². The SMILES string of the molecule is [C-]#[N+]c1c(N2CCN(C(=O)OC(C)(C)C)CC2)c2cc(Cl)c(Cl)nc2n(-c2c(C(C)C)ncnc2C(C)C)c1=O. The van der Waals surface area contributed by atoms with Crippen LogP contribution in [0.2, 0.25) is 10.2 Å². The second-order valence-corrected chi connectivity index (χ2v) is 12.1. The highest BCUT2D eigenvalue weighted by Gasteiger charge is 2.31. The lowest BCUT2D eigenvalue weighted by Gasteiger charge is -2.37. The number of fused-ring (bicyclic) bond motifs is 1. The van der Waals surface area contributed by atoms with Gasteiger partial charge in [-0.15, -0.1) is 0 Å². The highest BCUT2D eigenvalue weighted by molar-refractivity contribution is 6.41. The first kappa shape index (κ1) is 29.6. The number of carbonyl (C=O) groups excluding carboxylic acids is 1. The molecular weight excluding hydrogens is 553 g/mol. The predicted octanol–water partition coefficient (Wildman–Crippen LogP) is 6.34. The van der Waals surface area contributed by atoms with Crippen LogP contribution in [0, 0.1) is 6.57 Å². The molecule has 0 aromatic carbocycles. The maximum atomic E-state index is 14.2. The average Bonchev–Trinajstić information content (AvgIpc) is 2.88. The first-order chi connectivity index (χ1) is 18.7. The highest BCUT2D eigenvalue weighted by atomic mass is 35.5. The maximum absolute atomic E-state index is 14.2. The molecule has 4 rings (SSSR count). The first-order valence-corrected chi connectivity index (χ1v) is 13.9. The number of anilines is 1. The molecule has 0 atom stereocenters. The molecule has 0 radical (unpaired) electrons. The third-order valence-corrected chi connectivity index (χ3v) is 7.24. The summed E-state index contributed by atoms with van der Waals surface area (Å²) in [6.45, 7) is 22.9. The van der Waals surface area contributed by atoms with Crippen molar-refractivity contribution in [3.05, 3.63) is 55.7 Å². The molecule has 1 fully saturated rings. The van der Waals surface area contributed by atoms with Crippen LogP contribution in [-0.4, -0.2) is 62.3 Å². The molecule has 40 heavy (non-hydrogen) atoms. The highest BCUT2D eigenvalue weighted by Crippen LogP contribution is 2.39. The van der Waals surface area contributed by atoms with Gasteiger partial charge in [0.15, 0.2) is 0 Å². The molecule has 0 aliphatic carbocycles. The van der Waals surface area contributed by atoms with Crippen molar-refractivity contribution in [3.8, 4) is 5.69 Å². The molecule has 3 aromatic rings. The van der Waals surface area contributed by atoms with E-state index in [1.165, 1.54) is 10.9 Å². The van der Waals surface area contributed by atoms with E-state index in [0.717, 1.165) is 0 Å². The molecule has 0 N–H and O–H groups in total. The number of halogens is 2. The van der Waals surface area contributed by atoms with E-state index in [0.29, 0.717) is 54.3 Å². The van der Waals surface area contributed by atoms with Crippen molar-refractivity contribution >= 4 is 51.7 Å². The largest absolute Gasteiger partial charge is 0.444 e. The minimum Gasteiger partial charge on any atom is -0.444 e. The van der Waals surface area contributed by atoms with Gasteiger partial charge >= 0.3 is 6.09 Å². The summed E-state index contributed by atoms with van der Waals surface area (Å²) >= 11 is 12.9. The van der Waals surface area contributed by atoms with E-state index < -0.39 is 17.3 Å². The molecule has 12 heteroatoms. The van der Waals surface area contributed by atoms with Gasteiger partial charge in [0.1, 0.15) is 22.7 Å². The Balaban J connectivity index is 1.95. The summed E-state index contributed by atoms with van der Waals surface area (Å²) in [5.41, 5.74) is 1.25. The molecule has 0 saturated carbocycles. The van der Waals surface area contributed by atoms with Crippen LogP contribution in [0.4, 0.5) is 16.2 Å². The second-order valence-electron chi connectivity index (χ2n) is 11.3.